The third-order valence-corrected chi connectivity index (χ3v) is 5.29. The highest BCUT2D eigenvalue weighted by Gasteiger charge is 2.27. The number of carboxylic acid groups (broad SMARTS) is 1. The van der Waals surface area contributed by atoms with Crippen LogP contribution in [0.1, 0.15) is 0 Å². The molecule has 24 heavy (non-hydrogen) atoms. The third-order valence-electron chi connectivity index (χ3n) is 3.01. The van der Waals surface area contributed by atoms with E-state index in [0.29, 0.717) is 4.47 Å². The molecule has 0 radical (unpaired) electrons. The quantitative estimate of drug-likeness (QED) is 0.573. The summed E-state index contributed by atoms with van der Waals surface area (Å²) in [6.07, 6.45) is 0. The van der Waals surface area contributed by atoms with Gasteiger partial charge in [-0.25, -0.2) is 8.42 Å². The van der Waals surface area contributed by atoms with E-state index < -0.39 is 27.5 Å². The first-order valence-corrected chi connectivity index (χ1v) is 8.69. The van der Waals surface area contributed by atoms with Crippen molar-refractivity contribution in [1.29, 1.82) is 0 Å². The molecule has 2 aromatic carbocycles. The molecule has 0 aliphatic carbocycles. The predicted octanol–water partition coefficient (Wildman–Crippen LogP) is 2.64. The molecule has 2 rings (SSSR count). The lowest BCUT2D eigenvalue weighted by molar-refractivity contribution is -0.384. The molecule has 0 aliphatic rings. The molecule has 126 valence electrons. The Labute approximate surface area is 145 Å². The summed E-state index contributed by atoms with van der Waals surface area (Å²) in [4.78, 5) is 20.9. The second kappa shape index (κ2) is 6.97. The van der Waals surface area contributed by atoms with E-state index in [9.17, 15) is 23.3 Å². The summed E-state index contributed by atoms with van der Waals surface area (Å²) in [5.74, 6) is -1.33. The monoisotopic (exact) mass is 414 g/mol. The van der Waals surface area contributed by atoms with E-state index in [1.165, 1.54) is 12.1 Å². The summed E-state index contributed by atoms with van der Waals surface area (Å²) < 4.78 is 26.8. The second-order valence-electron chi connectivity index (χ2n) is 4.64. The number of non-ortho nitro benzene ring substituents is 1. The second-order valence-corrected chi connectivity index (χ2v) is 7.41. The van der Waals surface area contributed by atoms with Gasteiger partial charge in [-0.2, -0.15) is 0 Å². The van der Waals surface area contributed by atoms with Gasteiger partial charge in [0.25, 0.3) is 15.7 Å². The maximum absolute atomic E-state index is 12.7. The van der Waals surface area contributed by atoms with Crippen LogP contribution >= 0.6 is 15.9 Å². The highest BCUT2D eigenvalue weighted by atomic mass is 79.9. The number of hydrogen-bond donors (Lipinski definition) is 1. The van der Waals surface area contributed by atoms with Gasteiger partial charge in [0.15, 0.2) is 0 Å². The molecule has 1 N–H and O–H groups in total. The number of sulfonamides is 1. The Morgan fingerprint density at radius 3 is 2.33 bits per heavy atom. The number of nitro groups is 1. The van der Waals surface area contributed by atoms with Crippen molar-refractivity contribution in [2.45, 2.75) is 4.90 Å². The summed E-state index contributed by atoms with van der Waals surface area (Å²) in [5.41, 5.74) is -0.105. The molecule has 0 heterocycles. The zero-order valence-corrected chi connectivity index (χ0v) is 14.4. The van der Waals surface area contributed by atoms with E-state index >= 15 is 0 Å². The van der Waals surface area contributed by atoms with E-state index in [-0.39, 0.29) is 16.3 Å². The molecule has 0 atom stereocenters. The van der Waals surface area contributed by atoms with Crippen molar-refractivity contribution in [3.63, 3.8) is 0 Å². The first kappa shape index (κ1) is 17.9. The lowest BCUT2D eigenvalue weighted by Gasteiger charge is -2.22. The van der Waals surface area contributed by atoms with Crippen LogP contribution in [0.15, 0.2) is 57.9 Å². The normalized spacial score (nSPS) is 11.0. The Hall–Kier alpha value is -2.46. The molecule has 0 bridgehead atoms. The number of anilines is 1. The molecular formula is C14H11BrN2O6S. The Balaban J connectivity index is 2.51. The van der Waals surface area contributed by atoms with Crippen molar-refractivity contribution < 1.29 is 23.2 Å². The van der Waals surface area contributed by atoms with E-state index in [4.69, 9.17) is 5.11 Å². The van der Waals surface area contributed by atoms with Gasteiger partial charge in [0, 0.05) is 16.6 Å². The molecule has 0 saturated carbocycles. The fourth-order valence-corrected chi connectivity index (χ4v) is 3.73. The van der Waals surface area contributed by atoms with Gasteiger partial charge in [-0.15, -0.1) is 0 Å². The first-order valence-electron chi connectivity index (χ1n) is 6.46. The first-order chi connectivity index (χ1) is 11.2. The fourth-order valence-electron chi connectivity index (χ4n) is 1.94. The zero-order valence-electron chi connectivity index (χ0n) is 12.0. The lowest BCUT2D eigenvalue weighted by atomic mass is 10.3. The van der Waals surface area contributed by atoms with Gasteiger partial charge in [0.1, 0.15) is 6.54 Å². The van der Waals surface area contributed by atoms with Crippen molar-refractivity contribution in [1.82, 2.24) is 0 Å². The Morgan fingerprint density at radius 1 is 1.21 bits per heavy atom. The molecule has 0 amide bonds. The summed E-state index contributed by atoms with van der Waals surface area (Å²) in [5, 5.41) is 19.7. The standard InChI is InChI=1S/C14H11BrN2O6S/c15-10-2-1-3-12(8-10)16(9-14(18)19)24(22,23)13-6-4-11(5-7-13)17(20)21/h1-8H,9H2,(H,18,19). The molecule has 0 unspecified atom stereocenters. The predicted molar refractivity (Wildman–Crippen MR) is 89.4 cm³/mol. The van der Waals surface area contributed by atoms with Gasteiger partial charge in [0.05, 0.1) is 15.5 Å². The summed E-state index contributed by atoms with van der Waals surface area (Å²) in [6, 6.07) is 10.4. The van der Waals surface area contributed by atoms with Gasteiger partial charge in [-0.1, -0.05) is 22.0 Å². The number of nitro benzene ring substituents is 1. The molecule has 8 nitrogen and oxygen atoms in total. The smallest absolute Gasteiger partial charge is 0.324 e. The van der Waals surface area contributed by atoms with Crippen LogP contribution in [0.3, 0.4) is 0 Å². The molecule has 0 aromatic heterocycles. The van der Waals surface area contributed by atoms with Crippen LogP contribution in [-0.2, 0) is 14.8 Å². The van der Waals surface area contributed by atoms with Crippen LogP contribution in [0.4, 0.5) is 11.4 Å². The van der Waals surface area contributed by atoms with Gasteiger partial charge in [-0.3, -0.25) is 19.2 Å². The molecule has 0 fully saturated rings. The molecule has 0 spiro atoms. The van der Waals surface area contributed by atoms with E-state index in [0.717, 1.165) is 28.6 Å². The summed E-state index contributed by atoms with van der Waals surface area (Å²) in [7, 11) is -4.20. The maximum atomic E-state index is 12.7. The van der Waals surface area contributed by atoms with Crippen molar-refractivity contribution in [2.24, 2.45) is 0 Å². The van der Waals surface area contributed by atoms with Crippen LogP contribution in [0.2, 0.25) is 0 Å². The van der Waals surface area contributed by atoms with Crippen LogP contribution in [-0.4, -0.2) is 31.0 Å². The van der Waals surface area contributed by atoms with Gasteiger partial charge in [-0.05, 0) is 30.3 Å². The summed E-state index contributed by atoms with van der Waals surface area (Å²) in [6.45, 7) is -0.782. The number of carbonyl (C=O) groups is 1. The zero-order chi connectivity index (χ0) is 17.9. The number of carboxylic acids is 1. The van der Waals surface area contributed by atoms with Gasteiger partial charge < -0.3 is 5.11 Å². The largest absolute Gasteiger partial charge is 0.480 e. The van der Waals surface area contributed by atoms with Crippen molar-refractivity contribution in [3.8, 4) is 0 Å². The molecule has 10 heteroatoms. The summed E-state index contributed by atoms with van der Waals surface area (Å²) >= 11 is 3.20. The molecule has 0 aliphatic heterocycles. The number of aliphatic carboxylic acids is 1. The highest BCUT2D eigenvalue weighted by Crippen LogP contribution is 2.27. The van der Waals surface area contributed by atoms with Crippen LogP contribution < -0.4 is 4.31 Å². The Kier molecular flexibility index (Phi) is 5.20. The Morgan fingerprint density at radius 2 is 1.83 bits per heavy atom. The molecular weight excluding hydrogens is 404 g/mol. The molecule has 2 aromatic rings. The highest BCUT2D eigenvalue weighted by molar-refractivity contribution is 9.10. The minimum absolute atomic E-state index is 0.158. The number of hydrogen-bond acceptors (Lipinski definition) is 5. The number of rotatable bonds is 6. The minimum Gasteiger partial charge on any atom is -0.480 e. The van der Waals surface area contributed by atoms with Gasteiger partial charge in [0.2, 0.25) is 0 Å². The van der Waals surface area contributed by atoms with Crippen molar-refractivity contribution in [3.05, 3.63) is 63.1 Å². The van der Waals surface area contributed by atoms with E-state index in [1.54, 1.807) is 12.1 Å². The van der Waals surface area contributed by atoms with Crippen LogP contribution in [0, 0.1) is 10.1 Å². The van der Waals surface area contributed by atoms with Crippen molar-refractivity contribution >= 4 is 43.3 Å². The SMILES string of the molecule is O=C(O)CN(c1cccc(Br)c1)S(=O)(=O)c1ccc([N+](=O)[O-])cc1. The van der Waals surface area contributed by atoms with E-state index in [1.807, 2.05) is 0 Å². The van der Waals surface area contributed by atoms with Crippen molar-refractivity contribution in [2.75, 3.05) is 10.8 Å². The van der Waals surface area contributed by atoms with Crippen LogP contribution in [0.5, 0.6) is 0 Å². The molecule has 0 saturated heterocycles. The van der Waals surface area contributed by atoms with Gasteiger partial charge >= 0.3 is 5.97 Å². The average molecular weight is 415 g/mol. The third kappa shape index (κ3) is 3.89. The lowest BCUT2D eigenvalue weighted by Crippen LogP contribution is -2.35. The average Bonchev–Trinajstić information content (AvgIpc) is 2.52. The number of nitrogens with zero attached hydrogens (tertiary/aromatic N) is 2. The Bertz CT molecular complexity index is 882. The maximum Gasteiger partial charge on any atom is 0.324 e. The minimum atomic E-state index is -4.20. The number of benzene rings is 2. The van der Waals surface area contributed by atoms with Crippen LogP contribution in [0.25, 0.3) is 0 Å². The number of halogens is 1. The fraction of sp³-hybridized carbons (Fsp3) is 0.0714. The topological polar surface area (TPSA) is 118 Å². The van der Waals surface area contributed by atoms with E-state index in [2.05, 4.69) is 15.9 Å².